The molecule has 1 aliphatic rings. The Morgan fingerprint density at radius 3 is 2.88 bits per heavy atom. The summed E-state index contributed by atoms with van der Waals surface area (Å²) in [4.78, 5) is 13.3. The van der Waals surface area contributed by atoms with Gasteiger partial charge in [-0.15, -0.1) is 0 Å². The minimum Gasteiger partial charge on any atom is -0.363 e. The third kappa shape index (κ3) is 2.26. The second-order valence-corrected chi connectivity index (χ2v) is 4.65. The topological polar surface area (TPSA) is 32.3 Å². The molecule has 1 atom stereocenters. The van der Waals surface area contributed by atoms with Crippen LogP contribution >= 0.6 is 0 Å². The first kappa shape index (κ1) is 11.2. The molecule has 0 bridgehead atoms. The van der Waals surface area contributed by atoms with Gasteiger partial charge >= 0.3 is 0 Å². The van der Waals surface area contributed by atoms with E-state index in [1.807, 2.05) is 31.3 Å². The van der Waals surface area contributed by atoms with E-state index < -0.39 is 0 Å². The Hall–Kier alpha value is -1.32. The molecule has 88 valence electrons. The van der Waals surface area contributed by atoms with E-state index in [1.54, 1.807) is 0 Å². The van der Waals surface area contributed by atoms with Crippen LogP contribution < -0.4 is 9.80 Å². The highest BCUT2D eigenvalue weighted by Gasteiger charge is 2.20. The first-order valence-corrected chi connectivity index (χ1v) is 5.95. The van der Waals surface area contributed by atoms with Gasteiger partial charge in [-0.2, -0.15) is 4.98 Å². The molecule has 0 aliphatic carbocycles. The zero-order valence-corrected chi connectivity index (χ0v) is 10.3. The molecule has 16 heavy (non-hydrogen) atoms. The summed E-state index contributed by atoms with van der Waals surface area (Å²) in [6, 6.07) is 2.50. The molecule has 1 aliphatic heterocycles. The molecule has 0 spiro atoms. The lowest BCUT2D eigenvalue weighted by molar-refractivity contribution is 0.477. The molecule has 1 aromatic rings. The van der Waals surface area contributed by atoms with Crippen molar-refractivity contribution in [1.29, 1.82) is 0 Å². The number of rotatable bonds is 2. The summed E-state index contributed by atoms with van der Waals surface area (Å²) in [7, 11) is 4.01. The van der Waals surface area contributed by atoms with Gasteiger partial charge in [-0.1, -0.05) is 0 Å². The molecular weight excluding hydrogens is 200 g/mol. The van der Waals surface area contributed by atoms with E-state index in [1.165, 1.54) is 19.3 Å². The maximum atomic E-state index is 4.59. The van der Waals surface area contributed by atoms with Gasteiger partial charge in [-0.3, -0.25) is 0 Å². The standard InChI is InChI=1S/C12H20N4/c1-10-6-4-5-9-16(10)12-13-8-7-11(14-12)15(2)3/h7-8,10H,4-6,9H2,1-3H3. The molecule has 1 aromatic heterocycles. The van der Waals surface area contributed by atoms with Gasteiger partial charge in [0.2, 0.25) is 5.95 Å². The zero-order valence-electron chi connectivity index (χ0n) is 10.3. The Morgan fingerprint density at radius 2 is 2.19 bits per heavy atom. The summed E-state index contributed by atoms with van der Waals surface area (Å²) in [5, 5.41) is 0. The van der Waals surface area contributed by atoms with Gasteiger partial charge in [0.25, 0.3) is 0 Å². The molecule has 1 fully saturated rings. The van der Waals surface area contributed by atoms with Crippen LogP contribution in [0.2, 0.25) is 0 Å². The number of anilines is 2. The summed E-state index contributed by atoms with van der Waals surface area (Å²) in [6.07, 6.45) is 5.67. The van der Waals surface area contributed by atoms with Gasteiger partial charge in [0, 0.05) is 32.9 Å². The highest BCUT2D eigenvalue weighted by Crippen LogP contribution is 2.22. The van der Waals surface area contributed by atoms with Gasteiger partial charge in [-0.05, 0) is 32.3 Å². The summed E-state index contributed by atoms with van der Waals surface area (Å²) in [5.41, 5.74) is 0. The molecule has 1 unspecified atom stereocenters. The van der Waals surface area contributed by atoms with Crippen LogP contribution in [-0.4, -0.2) is 36.6 Å². The van der Waals surface area contributed by atoms with E-state index >= 15 is 0 Å². The van der Waals surface area contributed by atoms with Crippen molar-refractivity contribution in [2.75, 3.05) is 30.4 Å². The van der Waals surface area contributed by atoms with Crippen molar-refractivity contribution in [2.24, 2.45) is 0 Å². The Bertz CT molecular complexity index is 351. The minimum atomic E-state index is 0.561. The molecule has 0 saturated carbocycles. The van der Waals surface area contributed by atoms with Gasteiger partial charge in [0.15, 0.2) is 0 Å². The monoisotopic (exact) mass is 220 g/mol. The van der Waals surface area contributed by atoms with E-state index in [9.17, 15) is 0 Å². The lowest BCUT2D eigenvalue weighted by Crippen LogP contribution is -2.38. The molecular formula is C12H20N4. The van der Waals surface area contributed by atoms with Crippen molar-refractivity contribution < 1.29 is 0 Å². The molecule has 1 saturated heterocycles. The Balaban J connectivity index is 2.21. The summed E-state index contributed by atoms with van der Waals surface area (Å²) < 4.78 is 0. The van der Waals surface area contributed by atoms with Crippen molar-refractivity contribution in [3.05, 3.63) is 12.3 Å². The van der Waals surface area contributed by atoms with Crippen LogP contribution in [0.25, 0.3) is 0 Å². The average molecular weight is 220 g/mol. The van der Waals surface area contributed by atoms with Crippen LogP contribution in [0.4, 0.5) is 11.8 Å². The molecule has 0 N–H and O–H groups in total. The fourth-order valence-corrected chi connectivity index (χ4v) is 2.12. The first-order chi connectivity index (χ1) is 7.68. The van der Waals surface area contributed by atoms with E-state index in [2.05, 4.69) is 21.8 Å². The van der Waals surface area contributed by atoms with Crippen molar-refractivity contribution in [3.8, 4) is 0 Å². The normalized spacial score (nSPS) is 20.9. The maximum absolute atomic E-state index is 4.59. The van der Waals surface area contributed by atoms with Crippen molar-refractivity contribution >= 4 is 11.8 Å². The van der Waals surface area contributed by atoms with Crippen molar-refractivity contribution in [1.82, 2.24) is 9.97 Å². The average Bonchev–Trinajstić information content (AvgIpc) is 2.30. The van der Waals surface area contributed by atoms with Crippen LogP contribution in [0, 0.1) is 0 Å². The van der Waals surface area contributed by atoms with Gasteiger partial charge < -0.3 is 9.80 Å². The number of hydrogen-bond donors (Lipinski definition) is 0. The quantitative estimate of drug-likeness (QED) is 0.762. The van der Waals surface area contributed by atoms with E-state index in [-0.39, 0.29) is 0 Å². The Labute approximate surface area is 97.3 Å². The van der Waals surface area contributed by atoms with Gasteiger partial charge in [-0.25, -0.2) is 4.98 Å². The van der Waals surface area contributed by atoms with E-state index in [0.717, 1.165) is 18.3 Å². The van der Waals surface area contributed by atoms with E-state index in [4.69, 9.17) is 0 Å². The molecule has 4 nitrogen and oxygen atoms in total. The Kier molecular flexibility index (Phi) is 3.27. The highest BCUT2D eigenvalue weighted by atomic mass is 15.3. The zero-order chi connectivity index (χ0) is 11.5. The fourth-order valence-electron chi connectivity index (χ4n) is 2.12. The first-order valence-electron chi connectivity index (χ1n) is 5.95. The SMILES string of the molecule is CC1CCCCN1c1nccc(N(C)C)n1. The smallest absolute Gasteiger partial charge is 0.227 e. The summed E-state index contributed by atoms with van der Waals surface area (Å²) in [6.45, 7) is 3.34. The number of piperidine rings is 1. The molecule has 0 radical (unpaired) electrons. The van der Waals surface area contributed by atoms with Crippen LogP contribution in [0.15, 0.2) is 12.3 Å². The van der Waals surface area contributed by atoms with E-state index in [0.29, 0.717) is 6.04 Å². The van der Waals surface area contributed by atoms with Crippen molar-refractivity contribution in [2.45, 2.75) is 32.2 Å². The summed E-state index contributed by atoms with van der Waals surface area (Å²) >= 11 is 0. The second-order valence-electron chi connectivity index (χ2n) is 4.65. The van der Waals surface area contributed by atoms with Crippen molar-refractivity contribution in [3.63, 3.8) is 0 Å². The molecule has 0 aromatic carbocycles. The largest absolute Gasteiger partial charge is 0.363 e. The van der Waals surface area contributed by atoms with Crippen LogP contribution in [-0.2, 0) is 0 Å². The maximum Gasteiger partial charge on any atom is 0.227 e. The number of hydrogen-bond acceptors (Lipinski definition) is 4. The van der Waals surface area contributed by atoms with Crippen LogP contribution in [0.5, 0.6) is 0 Å². The molecule has 2 rings (SSSR count). The number of nitrogens with zero attached hydrogens (tertiary/aromatic N) is 4. The predicted octanol–water partition coefficient (Wildman–Crippen LogP) is 1.92. The second kappa shape index (κ2) is 4.68. The number of aromatic nitrogens is 2. The predicted molar refractivity (Wildman–Crippen MR) is 67.0 cm³/mol. The minimum absolute atomic E-state index is 0.561. The third-order valence-corrected chi connectivity index (χ3v) is 3.15. The Morgan fingerprint density at radius 1 is 1.38 bits per heavy atom. The fraction of sp³-hybridized carbons (Fsp3) is 0.667. The molecule has 4 heteroatoms. The van der Waals surface area contributed by atoms with Gasteiger partial charge in [0.05, 0.1) is 0 Å². The molecule has 2 heterocycles. The lowest BCUT2D eigenvalue weighted by Gasteiger charge is -2.33. The summed E-state index contributed by atoms with van der Waals surface area (Å²) in [5.74, 6) is 1.85. The van der Waals surface area contributed by atoms with Crippen LogP contribution in [0.1, 0.15) is 26.2 Å². The highest BCUT2D eigenvalue weighted by molar-refractivity contribution is 5.43. The lowest BCUT2D eigenvalue weighted by atomic mass is 10.0. The molecule has 0 amide bonds. The van der Waals surface area contributed by atoms with Crippen LogP contribution in [0.3, 0.4) is 0 Å². The van der Waals surface area contributed by atoms with Gasteiger partial charge in [0.1, 0.15) is 5.82 Å². The third-order valence-electron chi connectivity index (χ3n) is 3.15.